The lowest BCUT2D eigenvalue weighted by Gasteiger charge is -2.16. The van der Waals surface area contributed by atoms with Crippen molar-refractivity contribution in [3.8, 4) is 0 Å². The molecule has 2 unspecified atom stereocenters. The summed E-state index contributed by atoms with van der Waals surface area (Å²) in [4.78, 5) is 13.7. The van der Waals surface area contributed by atoms with Gasteiger partial charge in [0.25, 0.3) is 0 Å². The summed E-state index contributed by atoms with van der Waals surface area (Å²) in [5.41, 5.74) is 7.44. The summed E-state index contributed by atoms with van der Waals surface area (Å²) in [6.45, 7) is 6.21. The van der Waals surface area contributed by atoms with Crippen LogP contribution in [0.2, 0.25) is 0 Å². The summed E-state index contributed by atoms with van der Waals surface area (Å²) >= 11 is 1.75. The van der Waals surface area contributed by atoms with Gasteiger partial charge in [0, 0.05) is 22.2 Å². The molecule has 4 heteroatoms. The molecule has 3 nitrogen and oxygen atoms in total. The van der Waals surface area contributed by atoms with Crippen molar-refractivity contribution in [1.29, 1.82) is 0 Å². The van der Waals surface area contributed by atoms with Crippen LogP contribution in [0.25, 0.3) is 0 Å². The van der Waals surface area contributed by atoms with Gasteiger partial charge in [-0.2, -0.15) is 0 Å². The molecule has 1 aromatic heterocycles. The van der Waals surface area contributed by atoms with E-state index in [-0.39, 0.29) is 17.9 Å². The summed E-state index contributed by atoms with van der Waals surface area (Å²) in [6, 6.07) is 2.18. The normalized spacial score (nSPS) is 14.4. The molecule has 1 aromatic rings. The maximum atomic E-state index is 11.2. The maximum absolute atomic E-state index is 11.2. The average molecular weight is 255 g/mol. The largest absolute Gasteiger partial charge is 0.469 e. The zero-order valence-corrected chi connectivity index (χ0v) is 11.8. The molecule has 0 aliphatic heterocycles. The van der Waals surface area contributed by atoms with Crippen LogP contribution in [0, 0.1) is 19.8 Å². The highest BCUT2D eigenvalue weighted by Gasteiger charge is 2.17. The lowest BCUT2D eigenvalue weighted by molar-refractivity contribution is -0.141. The lowest BCUT2D eigenvalue weighted by Crippen LogP contribution is -2.16. The number of carbonyl (C=O) groups excluding carboxylic acids is 1. The number of rotatable bonds is 5. The standard InChI is InChI=1S/C13H21NO2S/c1-8(6-12(15)16-4)5-11(14)13-9(2)7-10(3)17-13/h7-8,11H,5-6,14H2,1-4H3. The molecule has 0 aliphatic rings. The van der Waals surface area contributed by atoms with E-state index in [2.05, 4.69) is 24.7 Å². The van der Waals surface area contributed by atoms with Crippen molar-refractivity contribution in [2.45, 2.75) is 39.7 Å². The first-order chi connectivity index (χ1) is 7.93. The molecular formula is C13H21NO2S. The van der Waals surface area contributed by atoms with Crippen LogP contribution in [0.15, 0.2) is 6.07 Å². The number of nitrogens with two attached hydrogens (primary N) is 1. The monoisotopic (exact) mass is 255 g/mol. The van der Waals surface area contributed by atoms with Crippen LogP contribution in [0.5, 0.6) is 0 Å². The second-order valence-electron chi connectivity index (χ2n) is 4.63. The lowest BCUT2D eigenvalue weighted by atomic mass is 9.97. The molecule has 0 spiro atoms. The van der Waals surface area contributed by atoms with Crippen molar-refractivity contribution in [3.63, 3.8) is 0 Å². The van der Waals surface area contributed by atoms with E-state index in [9.17, 15) is 4.79 Å². The topological polar surface area (TPSA) is 52.3 Å². The molecule has 0 aliphatic carbocycles. The maximum Gasteiger partial charge on any atom is 0.305 e. The highest BCUT2D eigenvalue weighted by molar-refractivity contribution is 7.12. The first-order valence-corrected chi connectivity index (χ1v) is 6.65. The minimum absolute atomic E-state index is 0.0216. The number of ether oxygens (including phenoxy) is 1. The van der Waals surface area contributed by atoms with Gasteiger partial charge in [0.05, 0.1) is 7.11 Å². The van der Waals surface area contributed by atoms with Crippen LogP contribution in [-0.2, 0) is 9.53 Å². The van der Waals surface area contributed by atoms with Crippen molar-refractivity contribution in [3.05, 3.63) is 21.4 Å². The van der Waals surface area contributed by atoms with Crippen LogP contribution in [0.4, 0.5) is 0 Å². The summed E-state index contributed by atoms with van der Waals surface area (Å²) in [6.07, 6.45) is 1.25. The Morgan fingerprint density at radius 2 is 2.18 bits per heavy atom. The quantitative estimate of drug-likeness (QED) is 0.823. The Kier molecular flexibility index (Phi) is 5.15. The first-order valence-electron chi connectivity index (χ1n) is 5.83. The van der Waals surface area contributed by atoms with E-state index in [1.165, 1.54) is 22.4 Å². The van der Waals surface area contributed by atoms with Gasteiger partial charge >= 0.3 is 5.97 Å². The molecule has 0 bridgehead atoms. The van der Waals surface area contributed by atoms with Crippen LogP contribution in [-0.4, -0.2) is 13.1 Å². The van der Waals surface area contributed by atoms with Gasteiger partial charge in [0.1, 0.15) is 0 Å². The predicted molar refractivity (Wildman–Crippen MR) is 71.1 cm³/mol. The van der Waals surface area contributed by atoms with Crippen molar-refractivity contribution in [1.82, 2.24) is 0 Å². The van der Waals surface area contributed by atoms with Crippen LogP contribution >= 0.6 is 11.3 Å². The summed E-state index contributed by atoms with van der Waals surface area (Å²) in [5.74, 6) is 0.0861. The number of esters is 1. The van der Waals surface area contributed by atoms with Gasteiger partial charge < -0.3 is 10.5 Å². The molecule has 1 rings (SSSR count). The molecule has 0 aromatic carbocycles. The van der Waals surface area contributed by atoms with Gasteiger partial charge in [-0.3, -0.25) is 4.79 Å². The second-order valence-corrected chi connectivity index (χ2v) is 5.92. The number of carbonyl (C=O) groups is 1. The SMILES string of the molecule is COC(=O)CC(C)CC(N)c1sc(C)cc1C. The zero-order valence-electron chi connectivity index (χ0n) is 10.9. The van der Waals surface area contributed by atoms with E-state index < -0.39 is 0 Å². The summed E-state index contributed by atoms with van der Waals surface area (Å²) in [5, 5.41) is 0. The number of hydrogen-bond donors (Lipinski definition) is 1. The molecule has 0 radical (unpaired) electrons. The molecule has 0 fully saturated rings. The highest BCUT2D eigenvalue weighted by atomic mass is 32.1. The van der Waals surface area contributed by atoms with E-state index in [0.29, 0.717) is 6.42 Å². The Hall–Kier alpha value is -0.870. The minimum atomic E-state index is -0.163. The number of hydrogen-bond acceptors (Lipinski definition) is 4. The zero-order chi connectivity index (χ0) is 13.0. The van der Waals surface area contributed by atoms with Gasteiger partial charge in [-0.1, -0.05) is 6.92 Å². The predicted octanol–water partition coefficient (Wildman–Crippen LogP) is 2.95. The summed E-state index contributed by atoms with van der Waals surface area (Å²) in [7, 11) is 1.42. The third kappa shape index (κ3) is 4.13. The second kappa shape index (κ2) is 6.17. The van der Waals surface area contributed by atoms with Gasteiger partial charge in [-0.25, -0.2) is 0 Å². The fourth-order valence-electron chi connectivity index (χ4n) is 2.02. The summed E-state index contributed by atoms with van der Waals surface area (Å²) < 4.78 is 4.66. The number of aryl methyl sites for hydroxylation is 2. The van der Waals surface area contributed by atoms with Crippen LogP contribution in [0.1, 0.15) is 41.1 Å². The Bertz CT molecular complexity index is 387. The van der Waals surface area contributed by atoms with E-state index in [1.807, 2.05) is 6.92 Å². The molecule has 1 heterocycles. The van der Waals surface area contributed by atoms with Gasteiger partial charge in [-0.05, 0) is 37.8 Å². The number of thiophene rings is 1. The molecule has 17 heavy (non-hydrogen) atoms. The van der Waals surface area contributed by atoms with Crippen LogP contribution in [0.3, 0.4) is 0 Å². The van der Waals surface area contributed by atoms with Crippen molar-refractivity contribution >= 4 is 17.3 Å². The molecule has 2 atom stereocenters. The molecular weight excluding hydrogens is 234 g/mol. The Morgan fingerprint density at radius 3 is 2.65 bits per heavy atom. The third-order valence-corrected chi connectivity index (χ3v) is 4.10. The Morgan fingerprint density at radius 1 is 1.53 bits per heavy atom. The van der Waals surface area contributed by atoms with E-state index >= 15 is 0 Å². The van der Waals surface area contributed by atoms with E-state index in [1.54, 1.807) is 11.3 Å². The fourth-order valence-corrected chi connectivity index (χ4v) is 3.07. The molecule has 0 saturated carbocycles. The molecule has 0 saturated heterocycles. The van der Waals surface area contributed by atoms with Crippen molar-refractivity contribution in [2.75, 3.05) is 7.11 Å². The highest BCUT2D eigenvalue weighted by Crippen LogP contribution is 2.30. The third-order valence-electron chi connectivity index (χ3n) is 2.82. The van der Waals surface area contributed by atoms with Gasteiger partial charge in [-0.15, -0.1) is 11.3 Å². The van der Waals surface area contributed by atoms with Crippen LogP contribution < -0.4 is 5.73 Å². The van der Waals surface area contributed by atoms with Gasteiger partial charge in [0.2, 0.25) is 0 Å². The van der Waals surface area contributed by atoms with E-state index in [4.69, 9.17) is 5.73 Å². The fraction of sp³-hybridized carbons (Fsp3) is 0.615. The Labute approximate surface area is 107 Å². The molecule has 96 valence electrons. The number of methoxy groups -OCH3 is 1. The smallest absolute Gasteiger partial charge is 0.305 e. The average Bonchev–Trinajstić information content (AvgIpc) is 2.57. The molecule has 2 N–H and O–H groups in total. The van der Waals surface area contributed by atoms with E-state index in [0.717, 1.165) is 6.42 Å². The van der Waals surface area contributed by atoms with Crippen molar-refractivity contribution < 1.29 is 9.53 Å². The first kappa shape index (κ1) is 14.2. The molecule has 0 amide bonds. The Balaban J connectivity index is 2.57. The minimum Gasteiger partial charge on any atom is -0.469 e. The van der Waals surface area contributed by atoms with Crippen molar-refractivity contribution in [2.24, 2.45) is 11.7 Å². The van der Waals surface area contributed by atoms with Gasteiger partial charge in [0.15, 0.2) is 0 Å².